The Labute approximate surface area is 192 Å². The van der Waals surface area contributed by atoms with Gasteiger partial charge in [0.05, 0.1) is 58.5 Å². The molecule has 1 N–H and O–H groups in total. The van der Waals surface area contributed by atoms with Crippen LogP contribution < -0.4 is 15.4 Å². The molecule has 1 saturated carbocycles. The van der Waals surface area contributed by atoms with Crippen molar-refractivity contribution >= 4 is 28.1 Å². The lowest BCUT2D eigenvalue weighted by molar-refractivity contribution is 0.398. The van der Waals surface area contributed by atoms with E-state index in [0.717, 1.165) is 64.8 Å². The van der Waals surface area contributed by atoms with E-state index in [0.29, 0.717) is 11.9 Å². The molecule has 0 unspecified atom stereocenters. The Bertz CT molecular complexity index is 1430. The number of hydrogen-bond acceptors (Lipinski definition) is 5. The highest BCUT2D eigenvalue weighted by atomic mass is 16.5. The van der Waals surface area contributed by atoms with E-state index in [9.17, 15) is 0 Å². The Morgan fingerprint density at radius 1 is 1.12 bits per heavy atom. The molecule has 164 valence electrons. The minimum absolute atomic E-state index is 0.399. The topological polar surface area (TPSA) is 64.3 Å². The first-order valence-electron chi connectivity index (χ1n) is 11.4. The van der Waals surface area contributed by atoms with Gasteiger partial charge in [0.1, 0.15) is 0 Å². The lowest BCUT2D eigenvalue weighted by Gasteiger charge is -2.23. The number of hydrogen-bond donors (Lipinski definition) is 1. The molecule has 1 aromatic carbocycles. The fourth-order valence-corrected chi connectivity index (χ4v) is 4.27. The number of benzene rings is 2. The number of rotatable bonds is 5. The number of para-hydroxylation sites is 2. The van der Waals surface area contributed by atoms with Gasteiger partial charge in [0, 0.05) is 11.8 Å². The van der Waals surface area contributed by atoms with Gasteiger partial charge in [0.25, 0.3) is 0 Å². The van der Waals surface area contributed by atoms with Crippen molar-refractivity contribution in [2.75, 3.05) is 12.4 Å². The Morgan fingerprint density at radius 3 is 2.79 bits per heavy atom. The van der Waals surface area contributed by atoms with Gasteiger partial charge in [-0.25, -0.2) is 9.97 Å². The van der Waals surface area contributed by atoms with Crippen LogP contribution in [0.5, 0.6) is 5.88 Å². The van der Waals surface area contributed by atoms with E-state index in [1.54, 1.807) is 13.3 Å². The number of ether oxygens (including phenoxy) is 1. The fourth-order valence-electron chi connectivity index (χ4n) is 4.27. The van der Waals surface area contributed by atoms with Crippen LogP contribution in [0.25, 0.3) is 28.1 Å². The summed E-state index contributed by atoms with van der Waals surface area (Å²) in [5.41, 5.74) is 7.20. The number of fused-ring (bicyclic) bond motifs is 2. The molecule has 1 fully saturated rings. The van der Waals surface area contributed by atoms with Crippen molar-refractivity contribution in [2.45, 2.75) is 31.7 Å². The summed E-state index contributed by atoms with van der Waals surface area (Å²) < 4.78 is 7.55. The Balaban J connectivity index is 1.57. The van der Waals surface area contributed by atoms with Gasteiger partial charge >= 0.3 is 0 Å². The molecule has 6 heteroatoms. The van der Waals surface area contributed by atoms with E-state index in [1.165, 1.54) is 5.70 Å². The van der Waals surface area contributed by atoms with E-state index in [2.05, 4.69) is 63.4 Å². The molecule has 2 heterocycles. The monoisotopic (exact) mass is 435 g/mol. The fraction of sp³-hybridized carbons (Fsp3) is 0.222. The first-order chi connectivity index (χ1) is 16.3. The number of anilines is 2. The zero-order valence-electron chi connectivity index (χ0n) is 18.5. The van der Waals surface area contributed by atoms with Crippen molar-refractivity contribution in [1.29, 1.82) is 0 Å². The normalized spacial score (nSPS) is 16.3. The highest BCUT2D eigenvalue weighted by Gasteiger charge is 2.22. The largest absolute Gasteiger partial charge is 0.481 e. The third kappa shape index (κ3) is 3.89. The molecule has 2 aromatic rings. The maximum atomic E-state index is 5.19. The molecule has 0 atom stereocenters. The second-order valence-corrected chi connectivity index (χ2v) is 8.49. The van der Waals surface area contributed by atoms with E-state index >= 15 is 0 Å². The molecule has 4 aliphatic rings. The summed E-state index contributed by atoms with van der Waals surface area (Å²) in [7, 11) is 1.62. The van der Waals surface area contributed by atoms with Crippen LogP contribution in [0.15, 0.2) is 77.9 Å². The molecule has 0 spiro atoms. The minimum atomic E-state index is 0.399. The number of aromatic nitrogens is 3. The van der Waals surface area contributed by atoms with Crippen molar-refractivity contribution in [1.82, 2.24) is 14.5 Å². The zero-order valence-corrected chi connectivity index (χ0v) is 18.5. The van der Waals surface area contributed by atoms with Crippen LogP contribution in [0.4, 0.5) is 11.4 Å². The number of pyridine rings is 1. The van der Waals surface area contributed by atoms with E-state index in [-0.39, 0.29) is 0 Å². The molecular weight excluding hydrogens is 410 g/mol. The van der Waals surface area contributed by atoms with Gasteiger partial charge in [0.2, 0.25) is 5.88 Å². The van der Waals surface area contributed by atoms with Gasteiger partial charge in [-0.15, -0.1) is 0 Å². The molecule has 6 rings (SSSR count). The van der Waals surface area contributed by atoms with Crippen LogP contribution in [-0.4, -0.2) is 27.7 Å². The molecule has 0 amide bonds. The highest BCUT2D eigenvalue weighted by molar-refractivity contribution is 5.86. The maximum absolute atomic E-state index is 5.19. The van der Waals surface area contributed by atoms with E-state index in [4.69, 9.17) is 14.7 Å². The van der Waals surface area contributed by atoms with Crippen molar-refractivity contribution in [3.05, 3.63) is 78.3 Å². The second-order valence-electron chi connectivity index (χ2n) is 8.49. The molecule has 1 aromatic heterocycles. The predicted octanol–water partition coefficient (Wildman–Crippen LogP) is 5.54. The summed E-state index contributed by atoms with van der Waals surface area (Å²) in [5.74, 6) is 0.589. The average Bonchev–Trinajstić information content (AvgIpc) is 3.68. The summed E-state index contributed by atoms with van der Waals surface area (Å²) in [5, 5.41) is 4.47. The van der Waals surface area contributed by atoms with Gasteiger partial charge in [-0.1, -0.05) is 24.3 Å². The second kappa shape index (κ2) is 8.20. The van der Waals surface area contributed by atoms with Gasteiger partial charge in [-0.2, -0.15) is 0 Å². The van der Waals surface area contributed by atoms with Crippen molar-refractivity contribution in [2.24, 2.45) is 4.99 Å². The SMILES string of the molecule is COc1ccc(Nc2cc3nc4ccccc4n(C4=CC=CCC4)c-3cc2=NC2CC2)cn1. The molecule has 6 nitrogen and oxygen atoms in total. The molecule has 0 saturated heterocycles. The Morgan fingerprint density at radius 2 is 2.03 bits per heavy atom. The number of methoxy groups -OCH3 is 1. The lowest BCUT2D eigenvalue weighted by atomic mass is 10.1. The third-order valence-electron chi connectivity index (χ3n) is 6.07. The van der Waals surface area contributed by atoms with Crippen molar-refractivity contribution in [3.8, 4) is 17.3 Å². The van der Waals surface area contributed by atoms with Gasteiger partial charge < -0.3 is 14.6 Å². The van der Waals surface area contributed by atoms with Gasteiger partial charge in [0.15, 0.2) is 0 Å². The van der Waals surface area contributed by atoms with Gasteiger partial charge in [-0.05, 0) is 62.1 Å². The third-order valence-corrected chi connectivity index (χ3v) is 6.07. The molecule has 1 aliphatic heterocycles. The summed E-state index contributed by atoms with van der Waals surface area (Å²) in [4.78, 5) is 14.4. The van der Waals surface area contributed by atoms with E-state index in [1.807, 2.05) is 18.2 Å². The zero-order chi connectivity index (χ0) is 22.2. The smallest absolute Gasteiger partial charge is 0.213 e. The summed E-state index contributed by atoms with van der Waals surface area (Å²) >= 11 is 0. The standard InChI is InChI=1S/C27H25N5O/c1-33-27-14-13-19(17-28-27)30-22-15-24-26(16-23(22)29-18-11-12-18)32(20-7-3-2-4-8-20)25-10-6-5-9-21(25)31-24/h2-3,5-7,9-10,13-18,30H,4,8,11-12H2,1H3. The maximum Gasteiger partial charge on any atom is 0.213 e. The first-order valence-corrected chi connectivity index (χ1v) is 11.4. The van der Waals surface area contributed by atoms with Crippen LogP contribution in [0.1, 0.15) is 25.7 Å². The number of nitrogens with one attached hydrogen (secondary N) is 1. The van der Waals surface area contributed by atoms with Crippen LogP contribution in [0, 0.1) is 0 Å². The lowest BCUT2D eigenvalue weighted by Crippen LogP contribution is -2.16. The predicted molar refractivity (Wildman–Crippen MR) is 132 cm³/mol. The first kappa shape index (κ1) is 19.7. The van der Waals surface area contributed by atoms with Crippen LogP contribution in [0.2, 0.25) is 0 Å². The van der Waals surface area contributed by atoms with Gasteiger partial charge in [-0.3, -0.25) is 4.99 Å². The number of allylic oxidation sites excluding steroid dienone is 4. The molecule has 0 radical (unpaired) electrons. The molecule has 33 heavy (non-hydrogen) atoms. The summed E-state index contributed by atoms with van der Waals surface area (Å²) in [6.07, 6.45) is 12.7. The summed E-state index contributed by atoms with van der Waals surface area (Å²) in [6.45, 7) is 0. The molecule has 0 bridgehead atoms. The van der Waals surface area contributed by atoms with Crippen molar-refractivity contribution < 1.29 is 4.74 Å². The summed E-state index contributed by atoms with van der Waals surface area (Å²) in [6, 6.07) is 16.9. The van der Waals surface area contributed by atoms with Crippen LogP contribution in [0.3, 0.4) is 0 Å². The van der Waals surface area contributed by atoms with E-state index < -0.39 is 0 Å². The average molecular weight is 436 g/mol. The van der Waals surface area contributed by atoms with Crippen LogP contribution in [-0.2, 0) is 0 Å². The number of nitrogens with zero attached hydrogens (tertiary/aromatic N) is 4. The minimum Gasteiger partial charge on any atom is -0.481 e. The molecular formula is C27H25N5O. The van der Waals surface area contributed by atoms with Crippen molar-refractivity contribution in [3.63, 3.8) is 0 Å². The highest BCUT2D eigenvalue weighted by Crippen LogP contribution is 2.33. The Hall–Kier alpha value is -3.93. The molecule has 3 aliphatic carbocycles. The van der Waals surface area contributed by atoms with Crippen LogP contribution >= 0.6 is 0 Å². The Kier molecular flexibility index (Phi) is 4.91. The quantitative estimate of drug-likeness (QED) is 0.418.